The molecular weight excluding hydrogens is 336 g/mol. The number of carbonyl (C=O) groups excluding carboxylic acids is 2. The first kappa shape index (κ1) is 15.4. The molecule has 3 rings (SSSR count). The highest BCUT2D eigenvalue weighted by molar-refractivity contribution is 8.14. The molecule has 3 saturated heterocycles. The molecule has 21 heavy (non-hydrogen) atoms. The van der Waals surface area contributed by atoms with Crippen LogP contribution in [-0.2, 0) is 28.6 Å². The van der Waals surface area contributed by atoms with Gasteiger partial charge in [-0.2, -0.15) is 8.42 Å². The SMILES string of the molecule is C=C(C)C(=O)SCC(=O)OC1C2CC3C(S2)C1OS3(=O)=O. The molecule has 0 aromatic heterocycles. The molecule has 0 saturated carbocycles. The Kier molecular flexibility index (Phi) is 3.88. The molecule has 0 radical (unpaired) electrons. The van der Waals surface area contributed by atoms with Crippen LogP contribution in [0.2, 0.25) is 0 Å². The van der Waals surface area contributed by atoms with Crippen molar-refractivity contribution in [3.8, 4) is 0 Å². The molecule has 0 N–H and O–H groups in total. The van der Waals surface area contributed by atoms with E-state index in [2.05, 4.69) is 6.58 Å². The van der Waals surface area contributed by atoms with E-state index in [9.17, 15) is 18.0 Å². The van der Waals surface area contributed by atoms with Gasteiger partial charge in [-0.3, -0.25) is 13.8 Å². The van der Waals surface area contributed by atoms with Crippen LogP contribution in [0, 0.1) is 0 Å². The smallest absolute Gasteiger partial charge is 0.316 e. The van der Waals surface area contributed by atoms with Gasteiger partial charge in [0, 0.05) is 5.25 Å². The summed E-state index contributed by atoms with van der Waals surface area (Å²) in [6.07, 6.45) is -0.652. The summed E-state index contributed by atoms with van der Waals surface area (Å²) in [5.74, 6) is -0.634. The summed E-state index contributed by atoms with van der Waals surface area (Å²) in [4.78, 5) is 23.2. The number of esters is 1. The van der Waals surface area contributed by atoms with Crippen LogP contribution in [0.4, 0.5) is 0 Å². The first-order valence-electron chi connectivity index (χ1n) is 6.39. The fraction of sp³-hybridized carbons (Fsp3) is 0.667. The van der Waals surface area contributed by atoms with Crippen LogP contribution in [0.25, 0.3) is 0 Å². The van der Waals surface area contributed by atoms with Crippen molar-refractivity contribution in [3.63, 3.8) is 0 Å². The summed E-state index contributed by atoms with van der Waals surface area (Å²) in [7, 11) is -3.52. The largest absolute Gasteiger partial charge is 0.458 e. The third-order valence-corrected chi connectivity index (χ3v) is 8.33. The molecule has 0 aromatic rings. The standard InChI is InChI=1S/C12H14O6S3/c1-5(2)12(14)19-4-8(13)17-9-6-3-7-11(20-6)10(9)18-21(7,15)16/h6-7,9-11H,1,3-4H2,2H3. The Morgan fingerprint density at radius 3 is 2.86 bits per heavy atom. The number of fused-ring (bicyclic) bond motifs is 1. The molecule has 5 unspecified atom stereocenters. The molecule has 0 amide bonds. The van der Waals surface area contributed by atoms with Crippen LogP contribution in [0.1, 0.15) is 13.3 Å². The Morgan fingerprint density at radius 1 is 1.48 bits per heavy atom. The Morgan fingerprint density at radius 2 is 2.19 bits per heavy atom. The molecule has 2 bridgehead atoms. The fourth-order valence-corrected chi connectivity index (χ4v) is 7.50. The van der Waals surface area contributed by atoms with Gasteiger partial charge >= 0.3 is 5.97 Å². The quantitative estimate of drug-likeness (QED) is 0.416. The zero-order valence-corrected chi connectivity index (χ0v) is 13.6. The predicted octanol–water partition coefficient (Wildman–Crippen LogP) is 0.719. The molecule has 6 nitrogen and oxygen atoms in total. The zero-order chi connectivity index (χ0) is 15.4. The van der Waals surface area contributed by atoms with Crippen molar-refractivity contribution in [2.45, 2.75) is 41.3 Å². The van der Waals surface area contributed by atoms with Crippen molar-refractivity contribution in [1.29, 1.82) is 0 Å². The van der Waals surface area contributed by atoms with Gasteiger partial charge in [-0.05, 0) is 18.9 Å². The number of carbonyl (C=O) groups is 2. The third kappa shape index (κ3) is 2.64. The lowest BCUT2D eigenvalue weighted by Gasteiger charge is -2.23. The fourth-order valence-electron chi connectivity index (χ4n) is 2.80. The molecule has 9 heteroatoms. The second-order valence-electron chi connectivity index (χ2n) is 5.28. The highest BCUT2D eigenvalue weighted by Crippen LogP contribution is 2.55. The highest BCUT2D eigenvalue weighted by Gasteiger charge is 2.66. The molecule has 0 spiro atoms. The van der Waals surface area contributed by atoms with Crippen LogP contribution in [0.15, 0.2) is 12.2 Å². The molecule has 0 aromatic carbocycles. The molecule has 3 aliphatic heterocycles. The lowest BCUT2D eigenvalue weighted by Crippen LogP contribution is -2.41. The van der Waals surface area contributed by atoms with Gasteiger partial charge in [-0.25, -0.2) is 0 Å². The van der Waals surface area contributed by atoms with Crippen LogP contribution < -0.4 is 0 Å². The lowest BCUT2D eigenvalue weighted by atomic mass is 9.94. The van der Waals surface area contributed by atoms with E-state index in [4.69, 9.17) is 8.92 Å². The first-order valence-corrected chi connectivity index (χ1v) is 9.79. The molecule has 116 valence electrons. The normalized spacial score (nSPS) is 38.4. The first-order chi connectivity index (χ1) is 9.79. The summed E-state index contributed by atoms with van der Waals surface area (Å²) in [6.45, 7) is 5.08. The maximum Gasteiger partial charge on any atom is 0.316 e. The second-order valence-corrected chi connectivity index (χ2v) is 9.43. The average Bonchev–Trinajstić information content (AvgIpc) is 2.99. The van der Waals surface area contributed by atoms with Crippen molar-refractivity contribution >= 4 is 44.7 Å². The number of hydrogen-bond donors (Lipinski definition) is 0. The van der Waals surface area contributed by atoms with E-state index in [1.54, 1.807) is 6.92 Å². The van der Waals surface area contributed by atoms with Crippen molar-refractivity contribution in [2.75, 3.05) is 5.75 Å². The van der Waals surface area contributed by atoms with Gasteiger partial charge in [0.2, 0.25) is 5.12 Å². The Balaban J connectivity index is 1.59. The Labute approximate surface area is 131 Å². The summed E-state index contributed by atoms with van der Waals surface area (Å²) in [5.41, 5.74) is 0.372. The van der Waals surface area contributed by atoms with E-state index in [1.165, 1.54) is 11.8 Å². The molecule has 3 aliphatic rings. The summed E-state index contributed by atoms with van der Waals surface area (Å²) in [6, 6.07) is 0. The van der Waals surface area contributed by atoms with Crippen molar-refractivity contribution in [3.05, 3.63) is 12.2 Å². The van der Waals surface area contributed by atoms with E-state index in [0.29, 0.717) is 12.0 Å². The van der Waals surface area contributed by atoms with Crippen LogP contribution in [0.5, 0.6) is 0 Å². The average molecular weight is 350 g/mol. The van der Waals surface area contributed by atoms with Crippen molar-refractivity contribution in [2.24, 2.45) is 0 Å². The van der Waals surface area contributed by atoms with E-state index in [1.807, 2.05) is 0 Å². The van der Waals surface area contributed by atoms with Gasteiger partial charge < -0.3 is 4.74 Å². The molecule has 3 fully saturated rings. The third-order valence-electron chi connectivity index (χ3n) is 3.73. The minimum atomic E-state index is -3.52. The molecule has 3 heterocycles. The summed E-state index contributed by atoms with van der Waals surface area (Å²) < 4.78 is 34.0. The minimum absolute atomic E-state index is 0.0342. The number of rotatable bonds is 4. The summed E-state index contributed by atoms with van der Waals surface area (Å²) in [5, 5.41) is -0.892. The number of ether oxygens (including phenoxy) is 1. The highest BCUT2D eigenvalue weighted by atomic mass is 32.2. The molecular formula is C12H14O6S3. The summed E-state index contributed by atoms with van der Waals surface area (Å²) >= 11 is 2.36. The molecule has 0 aliphatic carbocycles. The van der Waals surface area contributed by atoms with Crippen LogP contribution in [0.3, 0.4) is 0 Å². The van der Waals surface area contributed by atoms with Crippen molar-refractivity contribution < 1.29 is 26.9 Å². The zero-order valence-electron chi connectivity index (χ0n) is 11.2. The number of thioether (sulfide) groups is 2. The van der Waals surface area contributed by atoms with Gasteiger partial charge in [0.1, 0.15) is 17.5 Å². The second kappa shape index (κ2) is 5.29. The van der Waals surface area contributed by atoms with Gasteiger partial charge in [0.25, 0.3) is 10.1 Å². The van der Waals surface area contributed by atoms with Crippen LogP contribution >= 0.6 is 23.5 Å². The van der Waals surface area contributed by atoms with Gasteiger partial charge in [0.05, 0.1) is 11.0 Å². The van der Waals surface area contributed by atoms with E-state index in [0.717, 1.165) is 11.8 Å². The van der Waals surface area contributed by atoms with E-state index in [-0.39, 0.29) is 21.4 Å². The van der Waals surface area contributed by atoms with E-state index < -0.39 is 33.5 Å². The monoisotopic (exact) mass is 350 g/mol. The topological polar surface area (TPSA) is 86.7 Å². The minimum Gasteiger partial charge on any atom is -0.458 e. The van der Waals surface area contributed by atoms with Crippen molar-refractivity contribution in [1.82, 2.24) is 0 Å². The van der Waals surface area contributed by atoms with Gasteiger partial charge in [0.15, 0.2) is 0 Å². The predicted molar refractivity (Wildman–Crippen MR) is 79.5 cm³/mol. The maximum atomic E-state index is 11.8. The van der Waals surface area contributed by atoms with E-state index >= 15 is 0 Å². The Bertz CT molecular complexity index is 612. The van der Waals surface area contributed by atoms with Gasteiger partial charge in [-0.1, -0.05) is 18.3 Å². The Hall–Kier alpha value is -0.510. The van der Waals surface area contributed by atoms with Gasteiger partial charge in [-0.15, -0.1) is 11.8 Å². The lowest BCUT2D eigenvalue weighted by molar-refractivity contribution is -0.150. The molecule has 5 atom stereocenters. The maximum absolute atomic E-state index is 11.8. The van der Waals surface area contributed by atoms with Crippen LogP contribution in [-0.4, -0.2) is 53.2 Å². The number of hydrogen-bond acceptors (Lipinski definition) is 8.